The Balaban J connectivity index is 0.000000240. The SMILES string of the molecule is CC1C(NC=O)=C(NC=O)C=CC2=C1C(=[Si](C)C)C(C)(C)[C-]2C1=CC=CC1.CC1C(NC=O)=C(NC=O)C=CC2=C1C(=[Si](C)C)C(C)(C)[C-]2C1=CC=CC1.[Hf]. The van der Waals surface area contributed by atoms with E-state index in [9.17, 15) is 19.2 Å². The molecule has 6 rings (SSSR count). The topological polar surface area (TPSA) is 116 Å². The average molecular weight is 938 g/mol. The monoisotopic (exact) mass is 938 g/mol. The number of carbonyl (C=O) groups is 4. The van der Waals surface area contributed by atoms with Crippen molar-refractivity contribution >= 4 is 52.8 Å². The van der Waals surface area contributed by atoms with Crippen molar-refractivity contribution in [3.63, 3.8) is 0 Å². The maximum absolute atomic E-state index is 11.3. The Labute approximate surface area is 349 Å². The summed E-state index contributed by atoms with van der Waals surface area (Å²) in [5.41, 5.74) is 10.5. The maximum atomic E-state index is 11.3. The van der Waals surface area contributed by atoms with Crippen LogP contribution < -0.4 is 21.3 Å². The summed E-state index contributed by atoms with van der Waals surface area (Å²) in [6.45, 7) is 22.9. The van der Waals surface area contributed by atoms with Gasteiger partial charge in [-0.15, -0.1) is 92.1 Å². The van der Waals surface area contributed by atoms with Crippen LogP contribution in [0.2, 0.25) is 26.2 Å². The zero-order chi connectivity index (χ0) is 39.5. The van der Waals surface area contributed by atoms with Crippen LogP contribution in [0.3, 0.4) is 0 Å². The number of nitrogens with one attached hydrogen (secondary N) is 4. The van der Waals surface area contributed by atoms with Crippen LogP contribution in [-0.4, -0.2) is 52.8 Å². The molecule has 0 heterocycles. The predicted molar refractivity (Wildman–Crippen MR) is 224 cm³/mol. The molecule has 0 saturated carbocycles. The van der Waals surface area contributed by atoms with Crippen molar-refractivity contribution in [3.8, 4) is 0 Å². The van der Waals surface area contributed by atoms with Gasteiger partial charge in [0.1, 0.15) is 0 Å². The second-order valence-electron chi connectivity index (χ2n) is 15.9. The molecule has 11 heteroatoms. The van der Waals surface area contributed by atoms with Gasteiger partial charge in [0.2, 0.25) is 25.6 Å². The molecule has 0 aliphatic heterocycles. The first-order chi connectivity index (χ1) is 25.7. The van der Waals surface area contributed by atoms with Crippen LogP contribution in [0.5, 0.6) is 0 Å². The van der Waals surface area contributed by atoms with E-state index in [0.717, 1.165) is 24.2 Å². The van der Waals surface area contributed by atoms with Crippen LogP contribution in [-0.2, 0) is 45.0 Å². The fourth-order valence-electron chi connectivity index (χ4n) is 9.76. The number of allylic oxidation sites excluding steroid dienone is 16. The van der Waals surface area contributed by atoms with Gasteiger partial charge in [-0.05, 0) is 52.3 Å². The Morgan fingerprint density at radius 3 is 1.22 bits per heavy atom. The van der Waals surface area contributed by atoms with E-state index in [-0.39, 0.29) is 48.5 Å². The van der Waals surface area contributed by atoms with Gasteiger partial charge in [0.25, 0.3) is 0 Å². The van der Waals surface area contributed by atoms with Gasteiger partial charge in [0.15, 0.2) is 0 Å². The van der Waals surface area contributed by atoms with Crippen molar-refractivity contribution in [2.24, 2.45) is 22.7 Å². The molecule has 2 atom stereocenters. The van der Waals surface area contributed by atoms with Crippen LogP contribution in [0.15, 0.2) is 117 Å². The normalized spacial score (nSPS) is 22.9. The summed E-state index contributed by atoms with van der Waals surface area (Å²) in [6, 6.07) is 0. The molecule has 288 valence electrons. The Hall–Kier alpha value is -3.94. The Bertz CT molecular complexity index is 1880. The molecule has 2 unspecified atom stereocenters. The molecule has 4 N–H and O–H groups in total. The third-order valence-electron chi connectivity index (χ3n) is 11.3. The smallest absolute Gasteiger partial charge is 0.211 e. The third kappa shape index (κ3) is 8.02. The first-order valence-electron chi connectivity index (χ1n) is 18.7. The summed E-state index contributed by atoms with van der Waals surface area (Å²) < 4.78 is 0. The van der Waals surface area contributed by atoms with Gasteiger partial charge in [-0.2, -0.15) is 0 Å². The van der Waals surface area contributed by atoms with Crippen LogP contribution in [0.4, 0.5) is 0 Å². The van der Waals surface area contributed by atoms with Crippen LogP contribution in [0.25, 0.3) is 0 Å². The third-order valence-corrected chi connectivity index (χ3v) is 15.1. The molecule has 6 aliphatic carbocycles. The molecule has 0 aromatic heterocycles. The second kappa shape index (κ2) is 17.9. The van der Waals surface area contributed by atoms with E-state index in [4.69, 9.17) is 0 Å². The van der Waals surface area contributed by atoms with Crippen LogP contribution in [0, 0.1) is 34.5 Å². The Morgan fingerprint density at radius 2 is 0.945 bits per heavy atom. The molecule has 0 aromatic carbocycles. The quantitative estimate of drug-likeness (QED) is 0.115. The molecule has 0 aromatic rings. The largest absolute Gasteiger partial charge is 0.331 e. The summed E-state index contributed by atoms with van der Waals surface area (Å²) in [6.07, 6.45) is 25.7. The minimum absolute atomic E-state index is 0. The van der Waals surface area contributed by atoms with Gasteiger partial charge in [-0.3, -0.25) is 19.2 Å². The van der Waals surface area contributed by atoms with Crippen LogP contribution >= 0.6 is 0 Å². The average Bonchev–Trinajstić information content (AvgIpc) is 3.88. The van der Waals surface area contributed by atoms with Gasteiger partial charge in [-0.25, -0.2) is 0 Å². The summed E-state index contributed by atoms with van der Waals surface area (Å²) in [5, 5.41) is 14.2. The van der Waals surface area contributed by atoms with Gasteiger partial charge in [-0.1, -0.05) is 92.0 Å². The van der Waals surface area contributed by atoms with E-state index in [1.54, 1.807) is 0 Å². The van der Waals surface area contributed by atoms with Crippen molar-refractivity contribution in [2.45, 2.75) is 80.6 Å². The van der Waals surface area contributed by atoms with Gasteiger partial charge >= 0.3 is 0 Å². The molecular weight excluding hydrogens is 883 g/mol. The fourth-order valence-corrected chi connectivity index (χ4v) is 14.3. The summed E-state index contributed by atoms with van der Waals surface area (Å²) >= 11 is 0. The molecule has 4 amide bonds. The predicted octanol–water partition coefficient (Wildman–Crippen LogP) is 6.40. The zero-order valence-corrected chi connectivity index (χ0v) is 39.4. The number of carbonyl (C=O) groups excluding carboxylic acids is 4. The van der Waals surface area contributed by atoms with E-state index in [1.807, 2.05) is 12.2 Å². The van der Waals surface area contributed by atoms with E-state index >= 15 is 0 Å². The van der Waals surface area contributed by atoms with Crippen molar-refractivity contribution in [1.82, 2.24) is 21.3 Å². The van der Waals surface area contributed by atoms with Crippen molar-refractivity contribution in [3.05, 3.63) is 129 Å². The zero-order valence-electron chi connectivity index (χ0n) is 33.8. The van der Waals surface area contributed by atoms with Gasteiger partial charge in [0.05, 0.1) is 11.4 Å². The molecule has 0 fully saturated rings. The number of rotatable bonds is 10. The standard InChI is InChI=1S/2C22H27N2O2Si.Hf/c2*1-14-18-16(10-11-17(23-12-25)20(14)24-13-26)19(15-8-6-7-9-15)22(2,3)21(18)27(4)5;/h2*6-8,10-14H,9H2,1-5H3,(H,23,25)(H,24,26);/q2*-1;. The summed E-state index contributed by atoms with van der Waals surface area (Å²) in [7, 11) is -1.47. The number of hydrogen-bond donors (Lipinski definition) is 4. The minimum Gasteiger partial charge on any atom is -0.331 e. The molecule has 0 saturated heterocycles. The van der Waals surface area contributed by atoms with Gasteiger partial charge < -0.3 is 21.3 Å². The first kappa shape index (κ1) is 43.8. The van der Waals surface area contributed by atoms with Crippen molar-refractivity contribution in [2.75, 3.05) is 0 Å². The molecule has 0 spiro atoms. The maximum Gasteiger partial charge on any atom is 0.211 e. The molecule has 8 nitrogen and oxygen atoms in total. The van der Waals surface area contributed by atoms with Crippen LogP contribution in [0.1, 0.15) is 54.4 Å². The summed E-state index contributed by atoms with van der Waals surface area (Å²) in [5.74, 6) is 2.74. The second-order valence-corrected chi connectivity index (χ2v) is 20.9. The molecule has 55 heavy (non-hydrogen) atoms. The number of hydrogen-bond acceptors (Lipinski definition) is 4. The summed E-state index contributed by atoms with van der Waals surface area (Å²) in [4.78, 5) is 44.7. The molecule has 6 aliphatic rings. The van der Waals surface area contributed by atoms with E-state index in [1.165, 1.54) is 55.6 Å². The van der Waals surface area contributed by atoms with E-state index in [2.05, 4.69) is 138 Å². The van der Waals surface area contributed by atoms with E-state index < -0.39 is 16.8 Å². The van der Waals surface area contributed by atoms with E-state index in [0.29, 0.717) is 37.0 Å². The minimum atomic E-state index is -0.737. The Kier molecular flexibility index (Phi) is 14.2. The molecular formula is C44H54HfN4O4Si2-2. The van der Waals surface area contributed by atoms with Crippen molar-refractivity contribution < 1.29 is 45.0 Å². The fraction of sp³-hybridized carbons (Fsp3) is 0.364. The number of amides is 4. The molecule has 0 bridgehead atoms. The first-order valence-corrected chi connectivity index (χ1v) is 23.7. The van der Waals surface area contributed by atoms with Crippen molar-refractivity contribution in [1.29, 1.82) is 0 Å². The Morgan fingerprint density at radius 1 is 0.600 bits per heavy atom. The molecule has 0 radical (unpaired) electrons. The van der Waals surface area contributed by atoms with Gasteiger partial charge in [0, 0.05) is 37.2 Å².